The molecule has 7 nitrogen and oxygen atoms in total. The second-order valence-electron chi connectivity index (χ2n) is 6.25. The fourth-order valence-corrected chi connectivity index (χ4v) is 3.22. The molecule has 1 N–H and O–H groups in total. The van der Waals surface area contributed by atoms with E-state index in [1.54, 1.807) is 49.4 Å². The number of ether oxygens (including phenoxy) is 3. The van der Waals surface area contributed by atoms with Crippen LogP contribution >= 0.6 is 0 Å². The molecule has 0 saturated heterocycles. The minimum Gasteiger partial charge on any atom is -0.504 e. The van der Waals surface area contributed by atoms with E-state index in [-0.39, 0.29) is 22.6 Å². The summed E-state index contributed by atoms with van der Waals surface area (Å²) in [6.07, 6.45) is 1.45. The number of rotatable bonds is 5. The lowest BCUT2D eigenvalue weighted by molar-refractivity contribution is -0.136. The quantitative estimate of drug-likeness (QED) is 0.618. The van der Waals surface area contributed by atoms with Crippen molar-refractivity contribution in [2.75, 3.05) is 26.2 Å². The van der Waals surface area contributed by atoms with Gasteiger partial charge in [-0.25, -0.2) is 4.79 Å². The Labute approximate surface area is 168 Å². The molecule has 2 aromatic carbocycles. The first-order valence-electron chi connectivity index (χ1n) is 8.78. The molecule has 0 spiro atoms. The minimum absolute atomic E-state index is 0.112. The number of nitrogens with zero attached hydrogens (tertiary/aromatic N) is 1. The normalized spacial score (nSPS) is 15.1. The zero-order valence-corrected chi connectivity index (χ0v) is 16.6. The molecule has 0 radical (unpaired) electrons. The summed E-state index contributed by atoms with van der Waals surface area (Å²) >= 11 is 0. The van der Waals surface area contributed by atoms with E-state index in [2.05, 4.69) is 0 Å². The molecule has 0 unspecified atom stereocenters. The van der Waals surface area contributed by atoms with Crippen molar-refractivity contribution < 1.29 is 28.9 Å². The van der Waals surface area contributed by atoms with Crippen LogP contribution in [0, 0.1) is 0 Å². The van der Waals surface area contributed by atoms with Crippen LogP contribution in [0.1, 0.15) is 12.5 Å². The van der Waals surface area contributed by atoms with E-state index in [1.165, 1.54) is 32.3 Å². The lowest BCUT2D eigenvalue weighted by atomic mass is 10.0. The maximum absolute atomic E-state index is 13.3. The molecular weight excluding hydrogens is 374 g/mol. The largest absolute Gasteiger partial charge is 0.504 e. The number of methoxy groups -OCH3 is 3. The van der Waals surface area contributed by atoms with Gasteiger partial charge in [0.15, 0.2) is 11.5 Å². The molecule has 3 rings (SSSR count). The summed E-state index contributed by atoms with van der Waals surface area (Å²) in [5.74, 6) is -0.356. The van der Waals surface area contributed by atoms with Crippen LogP contribution < -0.4 is 14.4 Å². The van der Waals surface area contributed by atoms with Gasteiger partial charge in [0.05, 0.1) is 38.2 Å². The van der Waals surface area contributed by atoms with E-state index in [0.717, 1.165) is 0 Å². The van der Waals surface area contributed by atoms with Crippen LogP contribution in [0.4, 0.5) is 5.69 Å². The van der Waals surface area contributed by atoms with E-state index in [9.17, 15) is 14.7 Å². The van der Waals surface area contributed by atoms with Crippen molar-refractivity contribution in [1.82, 2.24) is 0 Å². The molecule has 0 aromatic heterocycles. The van der Waals surface area contributed by atoms with Crippen molar-refractivity contribution in [2.45, 2.75) is 6.92 Å². The van der Waals surface area contributed by atoms with E-state index in [1.807, 2.05) is 0 Å². The van der Waals surface area contributed by atoms with Gasteiger partial charge in [0.2, 0.25) is 0 Å². The van der Waals surface area contributed by atoms with E-state index < -0.39 is 11.9 Å². The molecule has 29 heavy (non-hydrogen) atoms. The smallest absolute Gasteiger partial charge is 0.340 e. The van der Waals surface area contributed by atoms with Crippen LogP contribution in [0.5, 0.6) is 17.2 Å². The Morgan fingerprint density at radius 2 is 1.79 bits per heavy atom. The first kappa shape index (κ1) is 20.0. The summed E-state index contributed by atoms with van der Waals surface area (Å²) in [6, 6.07) is 11.8. The van der Waals surface area contributed by atoms with Gasteiger partial charge in [-0.3, -0.25) is 9.69 Å². The Morgan fingerprint density at radius 3 is 2.45 bits per heavy atom. The highest BCUT2D eigenvalue weighted by atomic mass is 16.5. The number of carbonyl (C=O) groups is 2. The van der Waals surface area contributed by atoms with Crippen molar-refractivity contribution in [3.63, 3.8) is 0 Å². The van der Waals surface area contributed by atoms with Gasteiger partial charge in [-0.05, 0) is 31.2 Å². The third-order valence-corrected chi connectivity index (χ3v) is 4.65. The SMILES string of the molecule is COC(=O)C1=C(C)N(c2cccc(OC)c2)C(=O)/C1=C/c1cccc(OC)c1O. The molecule has 150 valence electrons. The number of anilines is 1. The van der Waals surface area contributed by atoms with Crippen molar-refractivity contribution in [3.8, 4) is 17.2 Å². The predicted octanol–water partition coefficient (Wildman–Crippen LogP) is 3.29. The van der Waals surface area contributed by atoms with E-state index in [0.29, 0.717) is 22.7 Å². The number of allylic oxidation sites excluding steroid dienone is 1. The van der Waals surface area contributed by atoms with Crippen LogP contribution in [0.15, 0.2) is 59.3 Å². The fourth-order valence-electron chi connectivity index (χ4n) is 3.22. The van der Waals surface area contributed by atoms with Crippen LogP contribution in [-0.4, -0.2) is 38.3 Å². The minimum atomic E-state index is -0.644. The summed E-state index contributed by atoms with van der Waals surface area (Å²) in [6.45, 7) is 1.66. The second-order valence-corrected chi connectivity index (χ2v) is 6.25. The molecule has 1 amide bonds. The van der Waals surface area contributed by atoms with E-state index in [4.69, 9.17) is 14.2 Å². The van der Waals surface area contributed by atoms with Crippen molar-refractivity contribution >= 4 is 23.6 Å². The number of esters is 1. The lowest BCUT2D eigenvalue weighted by Gasteiger charge is -2.18. The summed E-state index contributed by atoms with van der Waals surface area (Å²) in [5.41, 5.74) is 1.55. The number of phenols is 1. The summed E-state index contributed by atoms with van der Waals surface area (Å²) < 4.78 is 15.3. The lowest BCUT2D eigenvalue weighted by Crippen LogP contribution is -2.24. The molecular formula is C22H21NO6. The Morgan fingerprint density at radius 1 is 1.07 bits per heavy atom. The van der Waals surface area contributed by atoms with Gasteiger partial charge in [0.25, 0.3) is 5.91 Å². The standard InChI is InChI=1S/C22H21NO6/c1-13-19(22(26)29-4)17(11-14-7-5-10-18(28-3)20(14)24)21(25)23(13)15-8-6-9-16(12-15)27-2/h5-12,24H,1-4H3/b17-11+. The van der Waals surface area contributed by atoms with Gasteiger partial charge < -0.3 is 19.3 Å². The third-order valence-electron chi connectivity index (χ3n) is 4.65. The topological polar surface area (TPSA) is 85.3 Å². The number of carbonyl (C=O) groups excluding carboxylic acids is 2. The van der Waals surface area contributed by atoms with Crippen molar-refractivity contribution in [3.05, 3.63) is 64.9 Å². The highest BCUT2D eigenvalue weighted by Gasteiger charge is 2.38. The molecule has 0 atom stereocenters. The average Bonchev–Trinajstić information content (AvgIpc) is 2.98. The third kappa shape index (κ3) is 3.54. The Kier molecular flexibility index (Phi) is 5.59. The predicted molar refractivity (Wildman–Crippen MR) is 108 cm³/mol. The molecule has 1 heterocycles. The average molecular weight is 395 g/mol. The highest BCUT2D eigenvalue weighted by molar-refractivity contribution is 6.24. The molecule has 0 saturated carbocycles. The van der Waals surface area contributed by atoms with Crippen LogP contribution in [0.2, 0.25) is 0 Å². The molecule has 1 aliphatic heterocycles. The Bertz CT molecular complexity index is 1040. The fraction of sp³-hybridized carbons (Fsp3) is 0.182. The number of hydrogen-bond donors (Lipinski definition) is 1. The first-order chi connectivity index (χ1) is 13.9. The zero-order valence-electron chi connectivity index (χ0n) is 16.6. The monoisotopic (exact) mass is 395 g/mol. The maximum Gasteiger partial charge on any atom is 0.340 e. The molecule has 2 aromatic rings. The van der Waals surface area contributed by atoms with Crippen molar-refractivity contribution in [1.29, 1.82) is 0 Å². The van der Waals surface area contributed by atoms with Crippen LogP contribution in [0.3, 0.4) is 0 Å². The number of phenolic OH excluding ortho intramolecular Hbond substituents is 1. The summed E-state index contributed by atoms with van der Waals surface area (Å²) in [4.78, 5) is 27.2. The summed E-state index contributed by atoms with van der Waals surface area (Å²) in [5, 5.41) is 10.4. The van der Waals surface area contributed by atoms with Crippen LogP contribution in [0.25, 0.3) is 6.08 Å². The Hall–Kier alpha value is -3.74. The number of amides is 1. The highest BCUT2D eigenvalue weighted by Crippen LogP contribution is 2.38. The molecule has 0 fully saturated rings. The van der Waals surface area contributed by atoms with Crippen LogP contribution in [-0.2, 0) is 14.3 Å². The molecule has 7 heteroatoms. The zero-order chi connectivity index (χ0) is 21.1. The van der Waals surface area contributed by atoms with E-state index >= 15 is 0 Å². The van der Waals surface area contributed by atoms with Gasteiger partial charge in [-0.1, -0.05) is 18.2 Å². The molecule has 0 aliphatic carbocycles. The van der Waals surface area contributed by atoms with Crippen molar-refractivity contribution in [2.24, 2.45) is 0 Å². The number of hydrogen-bond acceptors (Lipinski definition) is 6. The molecule has 0 bridgehead atoms. The first-order valence-corrected chi connectivity index (χ1v) is 8.78. The number of para-hydroxylation sites is 1. The Balaban J connectivity index is 2.17. The van der Waals surface area contributed by atoms with Gasteiger partial charge in [0.1, 0.15) is 5.75 Å². The summed E-state index contributed by atoms with van der Waals surface area (Å²) in [7, 11) is 4.22. The maximum atomic E-state index is 13.3. The molecule has 1 aliphatic rings. The second kappa shape index (κ2) is 8.10. The van der Waals surface area contributed by atoms with Gasteiger partial charge >= 0.3 is 5.97 Å². The van der Waals surface area contributed by atoms with Gasteiger partial charge in [-0.2, -0.15) is 0 Å². The number of benzene rings is 2. The van der Waals surface area contributed by atoms with Gasteiger partial charge in [0, 0.05) is 17.3 Å². The number of aromatic hydroxyl groups is 1. The van der Waals surface area contributed by atoms with Gasteiger partial charge in [-0.15, -0.1) is 0 Å².